The molecule has 0 spiro atoms. The van der Waals surface area contributed by atoms with Crippen molar-refractivity contribution in [3.8, 4) is 0 Å². The predicted molar refractivity (Wildman–Crippen MR) is 134 cm³/mol. The van der Waals surface area contributed by atoms with E-state index in [4.69, 9.17) is 0 Å². The second-order valence-electron chi connectivity index (χ2n) is 8.83. The van der Waals surface area contributed by atoms with Gasteiger partial charge in [0.1, 0.15) is 6.54 Å². The smallest absolute Gasteiger partial charge is 0.242 e. The van der Waals surface area contributed by atoms with Gasteiger partial charge in [0.05, 0.1) is 12.5 Å². The predicted octanol–water partition coefficient (Wildman–Crippen LogP) is 5.77. The van der Waals surface area contributed by atoms with Gasteiger partial charge in [-0.2, -0.15) is 0 Å². The number of thiophene rings is 1. The van der Waals surface area contributed by atoms with E-state index in [0.717, 1.165) is 30.4 Å². The fourth-order valence-corrected chi connectivity index (χ4v) is 5.15. The Hall–Kier alpha value is -2.92. The summed E-state index contributed by atoms with van der Waals surface area (Å²) in [4.78, 5) is 32.2. The van der Waals surface area contributed by atoms with E-state index >= 15 is 0 Å². The molecule has 1 aliphatic rings. The zero-order valence-corrected chi connectivity index (χ0v) is 20.3. The molecular formula is C28H32N2O2S. The van der Waals surface area contributed by atoms with E-state index in [0.29, 0.717) is 13.1 Å². The van der Waals surface area contributed by atoms with E-state index in [-0.39, 0.29) is 30.3 Å². The van der Waals surface area contributed by atoms with Gasteiger partial charge >= 0.3 is 0 Å². The summed E-state index contributed by atoms with van der Waals surface area (Å²) in [5.41, 5.74) is 3.33. The molecule has 1 saturated carbocycles. The monoisotopic (exact) mass is 460 g/mol. The van der Waals surface area contributed by atoms with E-state index in [1.807, 2.05) is 77.4 Å². The lowest BCUT2D eigenvalue weighted by atomic mass is 9.95. The zero-order valence-electron chi connectivity index (χ0n) is 19.4. The SMILES string of the molecule is CC[C@@H](C(=O)N(CC(=O)N(Cc1ccccc1)Cc1sccc1C)C1CC1)c1ccccc1. The van der Waals surface area contributed by atoms with Gasteiger partial charge in [0.2, 0.25) is 11.8 Å². The third kappa shape index (κ3) is 5.91. The fraction of sp³-hybridized carbons (Fsp3) is 0.357. The molecule has 0 radical (unpaired) electrons. The van der Waals surface area contributed by atoms with Gasteiger partial charge in [-0.3, -0.25) is 9.59 Å². The highest BCUT2D eigenvalue weighted by Gasteiger charge is 2.37. The molecule has 1 heterocycles. The molecular weight excluding hydrogens is 428 g/mol. The first-order valence-corrected chi connectivity index (χ1v) is 12.6. The number of benzene rings is 2. The van der Waals surface area contributed by atoms with Crippen LogP contribution in [0.1, 0.15) is 53.7 Å². The highest BCUT2D eigenvalue weighted by atomic mass is 32.1. The number of amides is 2. The van der Waals surface area contributed by atoms with Crippen molar-refractivity contribution in [1.82, 2.24) is 9.80 Å². The summed E-state index contributed by atoms with van der Waals surface area (Å²) < 4.78 is 0. The third-order valence-electron chi connectivity index (χ3n) is 6.36. The van der Waals surface area contributed by atoms with Crippen molar-refractivity contribution in [3.05, 3.63) is 93.7 Å². The second-order valence-corrected chi connectivity index (χ2v) is 9.83. The van der Waals surface area contributed by atoms with Gasteiger partial charge in [0.15, 0.2) is 0 Å². The number of carbonyl (C=O) groups excluding carboxylic acids is 2. The van der Waals surface area contributed by atoms with Crippen LogP contribution in [-0.2, 0) is 22.7 Å². The topological polar surface area (TPSA) is 40.6 Å². The molecule has 5 heteroatoms. The molecule has 0 bridgehead atoms. The lowest BCUT2D eigenvalue weighted by molar-refractivity contribution is -0.142. The van der Waals surface area contributed by atoms with Crippen LogP contribution in [0.3, 0.4) is 0 Å². The van der Waals surface area contributed by atoms with Crippen molar-refractivity contribution >= 4 is 23.2 Å². The third-order valence-corrected chi connectivity index (χ3v) is 7.36. The Labute approximate surface area is 200 Å². The number of carbonyl (C=O) groups is 2. The van der Waals surface area contributed by atoms with Crippen molar-refractivity contribution in [2.45, 2.75) is 58.2 Å². The minimum atomic E-state index is -0.207. The number of aryl methyl sites for hydroxylation is 1. The molecule has 1 aromatic heterocycles. The maximum absolute atomic E-state index is 13.6. The molecule has 0 N–H and O–H groups in total. The first kappa shape index (κ1) is 23.2. The Morgan fingerprint density at radius 2 is 1.64 bits per heavy atom. The fourth-order valence-electron chi connectivity index (χ4n) is 4.23. The van der Waals surface area contributed by atoms with Crippen LogP contribution in [0.4, 0.5) is 0 Å². The Bertz CT molecular complexity index is 1060. The average Bonchev–Trinajstić information content (AvgIpc) is 3.60. The number of rotatable bonds is 10. The number of hydrogen-bond acceptors (Lipinski definition) is 3. The second kappa shape index (κ2) is 10.8. The van der Waals surface area contributed by atoms with Crippen LogP contribution in [0, 0.1) is 6.92 Å². The molecule has 1 aliphatic carbocycles. The molecule has 3 aromatic rings. The van der Waals surface area contributed by atoms with Gasteiger partial charge in [-0.1, -0.05) is 67.6 Å². The summed E-state index contributed by atoms with van der Waals surface area (Å²) in [7, 11) is 0. The van der Waals surface area contributed by atoms with E-state index in [1.54, 1.807) is 11.3 Å². The Morgan fingerprint density at radius 1 is 0.970 bits per heavy atom. The Morgan fingerprint density at radius 3 is 2.21 bits per heavy atom. The highest BCUT2D eigenvalue weighted by molar-refractivity contribution is 7.10. The van der Waals surface area contributed by atoms with E-state index in [2.05, 4.69) is 18.4 Å². The van der Waals surface area contributed by atoms with Crippen LogP contribution in [0.15, 0.2) is 72.1 Å². The van der Waals surface area contributed by atoms with Crippen molar-refractivity contribution in [2.24, 2.45) is 0 Å². The molecule has 172 valence electrons. The Balaban J connectivity index is 1.54. The summed E-state index contributed by atoms with van der Waals surface area (Å²) in [6, 6.07) is 22.3. The maximum atomic E-state index is 13.6. The number of hydrogen-bond donors (Lipinski definition) is 0. The van der Waals surface area contributed by atoms with Crippen LogP contribution in [-0.4, -0.2) is 34.2 Å². The summed E-state index contributed by atoms with van der Waals surface area (Å²) in [6.07, 6.45) is 2.68. The standard InChI is InChI=1S/C28H32N2O2S/c1-3-25(23-12-8-5-9-13-23)28(32)30(24-14-15-24)20-27(31)29(18-22-10-6-4-7-11-22)19-26-21(2)16-17-33-26/h4-13,16-17,24-25H,3,14-15,18-20H2,1-2H3/t25-/m1/s1. The summed E-state index contributed by atoms with van der Waals surface area (Å²) >= 11 is 1.68. The van der Waals surface area contributed by atoms with Gasteiger partial charge in [0.25, 0.3) is 0 Å². The van der Waals surface area contributed by atoms with Crippen LogP contribution in [0.2, 0.25) is 0 Å². The molecule has 33 heavy (non-hydrogen) atoms. The summed E-state index contributed by atoms with van der Waals surface area (Å²) in [5.74, 6) is -0.122. The van der Waals surface area contributed by atoms with Crippen molar-refractivity contribution < 1.29 is 9.59 Å². The van der Waals surface area contributed by atoms with Gasteiger partial charge in [-0.05, 0) is 54.3 Å². The molecule has 0 saturated heterocycles. The number of nitrogens with zero attached hydrogens (tertiary/aromatic N) is 2. The first-order chi connectivity index (χ1) is 16.1. The normalized spacial score (nSPS) is 14.0. The average molecular weight is 461 g/mol. The quantitative estimate of drug-likeness (QED) is 0.385. The molecule has 1 fully saturated rings. The largest absolute Gasteiger partial charge is 0.332 e. The molecule has 2 amide bonds. The molecule has 4 rings (SSSR count). The van der Waals surface area contributed by atoms with E-state index in [9.17, 15) is 9.59 Å². The van der Waals surface area contributed by atoms with Crippen molar-refractivity contribution in [3.63, 3.8) is 0 Å². The first-order valence-electron chi connectivity index (χ1n) is 11.8. The van der Waals surface area contributed by atoms with Crippen LogP contribution in [0.5, 0.6) is 0 Å². The Kier molecular flexibility index (Phi) is 7.61. The summed E-state index contributed by atoms with van der Waals surface area (Å²) in [6.45, 7) is 5.38. The van der Waals surface area contributed by atoms with Gasteiger partial charge in [-0.25, -0.2) is 0 Å². The minimum absolute atomic E-state index is 0.00909. The van der Waals surface area contributed by atoms with E-state index in [1.165, 1.54) is 10.4 Å². The minimum Gasteiger partial charge on any atom is -0.332 e. The lowest BCUT2D eigenvalue weighted by Gasteiger charge is -2.30. The zero-order chi connectivity index (χ0) is 23.2. The van der Waals surface area contributed by atoms with Gasteiger partial charge < -0.3 is 9.80 Å². The highest BCUT2D eigenvalue weighted by Crippen LogP contribution is 2.32. The lowest BCUT2D eigenvalue weighted by Crippen LogP contribution is -2.45. The molecule has 2 aromatic carbocycles. The molecule has 0 aliphatic heterocycles. The van der Waals surface area contributed by atoms with Crippen molar-refractivity contribution in [1.29, 1.82) is 0 Å². The van der Waals surface area contributed by atoms with E-state index < -0.39 is 0 Å². The van der Waals surface area contributed by atoms with Crippen LogP contribution >= 0.6 is 11.3 Å². The maximum Gasteiger partial charge on any atom is 0.242 e. The molecule has 0 unspecified atom stereocenters. The molecule has 4 nitrogen and oxygen atoms in total. The van der Waals surface area contributed by atoms with Crippen molar-refractivity contribution in [2.75, 3.05) is 6.54 Å². The van der Waals surface area contributed by atoms with Gasteiger partial charge in [-0.15, -0.1) is 11.3 Å². The van der Waals surface area contributed by atoms with Crippen LogP contribution < -0.4 is 0 Å². The van der Waals surface area contributed by atoms with Gasteiger partial charge in [0, 0.05) is 17.5 Å². The molecule has 1 atom stereocenters. The van der Waals surface area contributed by atoms with Crippen LogP contribution in [0.25, 0.3) is 0 Å². The summed E-state index contributed by atoms with van der Waals surface area (Å²) in [5, 5.41) is 2.07.